The molecule has 1 aliphatic rings. The SMILES string of the molecule is CCCCc1noc(C(C)N2CCC(C(=O)O)C2)n1. The van der Waals surface area contributed by atoms with Crippen LogP contribution < -0.4 is 0 Å². The van der Waals surface area contributed by atoms with Crippen molar-refractivity contribution in [3.63, 3.8) is 0 Å². The van der Waals surface area contributed by atoms with Crippen molar-refractivity contribution in [2.24, 2.45) is 5.92 Å². The zero-order valence-corrected chi connectivity index (χ0v) is 11.5. The predicted molar refractivity (Wildman–Crippen MR) is 68.6 cm³/mol. The summed E-state index contributed by atoms with van der Waals surface area (Å²) in [5.74, 6) is 0.351. The number of aliphatic carboxylic acids is 1. The standard InChI is InChI=1S/C13H21N3O3/c1-3-4-5-11-14-12(19-15-11)9(2)16-7-6-10(8-16)13(17)18/h9-10H,3-8H2,1-2H3,(H,17,18). The van der Waals surface area contributed by atoms with Crippen molar-refractivity contribution in [1.82, 2.24) is 15.0 Å². The summed E-state index contributed by atoms with van der Waals surface area (Å²) in [4.78, 5) is 17.4. The van der Waals surface area contributed by atoms with Gasteiger partial charge in [-0.15, -0.1) is 0 Å². The molecule has 1 fully saturated rings. The van der Waals surface area contributed by atoms with Crippen LogP contribution in [-0.2, 0) is 11.2 Å². The maximum absolute atomic E-state index is 11.0. The van der Waals surface area contributed by atoms with Crippen LogP contribution in [0.3, 0.4) is 0 Å². The average molecular weight is 267 g/mol. The Balaban J connectivity index is 1.94. The van der Waals surface area contributed by atoms with Crippen molar-refractivity contribution in [2.45, 2.75) is 45.6 Å². The zero-order chi connectivity index (χ0) is 13.8. The number of carboxylic acid groups (broad SMARTS) is 1. The fourth-order valence-corrected chi connectivity index (χ4v) is 2.37. The van der Waals surface area contributed by atoms with Crippen molar-refractivity contribution >= 4 is 5.97 Å². The average Bonchev–Trinajstić information content (AvgIpc) is 3.04. The number of aromatic nitrogens is 2. The van der Waals surface area contributed by atoms with Crippen LogP contribution in [0.4, 0.5) is 0 Å². The Bertz CT molecular complexity index is 433. The molecule has 0 amide bonds. The van der Waals surface area contributed by atoms with Gasteiger partial charge in [-0.25, -0.2) is 0 Å². The van der Waals surface area contributed by atoms with E-state index < -0.39 is 5.97 Å². The van der Waals surface area contributed by atoms with E-state index in [9.17, 15) is 4.79 Å². The molecule has 0 spiro atoms. The summed E-state index contributed by atoms with van der Waals surface area (Å²) in [5.41, 5.74) is 0. The Kier molecular flexibility index (Phi) is 4.52. The molecule has 2 heterocycles. The molecule has 2 unspecified atom stereocenters. The third-order valence-electron chi connectivity index (χ3n) is 3.71. The van der Waals surface area contributed by atoms with E-state index >= 15 is 0 Å². The van der Waals surface area contributed by atoms with E-state index in [1.54, 1.807) is 0 Å². The molecule has 0 saturated carbocycles. The van der Waals surface area contributed by atoms with Gasteiger partial charge in [0.1, 0.15) is 0 Å². The summed E-state index contributed by atoms with van der Waals surface area (Å²) in [6, 6.07) is -0.00720. The maximum Gasteiger partial charge on any atom is 0.307 e. The van der Waals surface area contributed by atoms with Crippen LogP contribution in [0.15, 0.2) is 4.52 Å². The highest BCUT2D eigenvalue weighted by Gasteiger charge is 2.32. The molecule has 0 radical (unpaired) electrons. The second-order valence-electron chi connectivity index (χ2n) is 5.15. The number of hydrogen-bond acceptors (Lipinski definition) is 5. The Hall–Kier alpha value is -1.43. The van der Waals surface area contributed by atoms with Gasteiger partial charge < -0.3 is 9.63 Å². The molecule has 2 atom stereocenters. The van der Waals surface area contributed by atoms with Gasteiger partial charge in [0.25, 0.3) is 0 Å². The Labute approximate surface area is 112 Å². The molecule has 0 aromatic carbocycles. The summed E-state index contributed by atoms with van der Waals surface area (Å²) in [5, 5.41) is 13.0. The molecule has 1 aromatic rings. The van der Waals surface area contributed by atoms with Crippen molar-refractivity contribution < 1.29 is 14.4 Å². The number of unbranched alkanes of at least 4 members (excludes halogenated alkanes) is 1. The lowest BCUT2D eigenvalue weighted by atomic mass is 10.1. The van der Waals surface area contributed by atoms with Crippen molar-refractivity contribution in [1.29, 1.82) is 0 Å². The number of carbonyl (C=O) groups is 1. The molecule has 1 saturated heterocycles. The van der Waals surface area contributed by atoms with Crippen LogP contribution in [0.25, 0.3) is 0 Å². The van der Waals surface area contributed by atoms with Crippen molar-refractivity contribution in [2.75, 3.05) is 13.1 Å². The van der Waals surface area contributed by atoms with Crippen molar-refractivity contribution in [3.8, 4) is 0 Å². The molecule has 19 heavy (non-hydrogen) atoms. The van der Waals surface area contributed by atoms with E-state index in [-0.39, 0.29) is 12.0 Å². The molecule has 2 rings (SSSR count). The first-order valence-corrected chi connectivity index (χ1v) is 6.91. The van der Waals surface area contributed by atoms with E-state index in [1.807, 2.05) is 6.92 Å². The molecular weight excluding hydrogens is 246 g/mol. The van der Waals surface area contributed by atoms with Crippen LogP contribution in [-0.4, -0.2) is 39.2 Å². The third kappa shape index (κ3) is 3.32. The third-order valence-corrected chi connectivity index (χ3v) is 3.71. The molecule has 1 N–H and O–H groups in total. The fourth-order valence-electron chi connectivity index (χ4n) is 2.37. The molecule has 1 aliphatic heterocycles. The molecule has 0 bridgehead atoms. The molecule has 1 aromatic heterocycles. The second kappa shape index (κ2) is 6.14. The minimum Gasteiger partial charge on any atom is -0.481 e. The van der Waals surface area contributed by atoms with Gasteiger partial charge in [-0.3, -0.25) is 9.69 Å². The largest absolute Gasteiger partial charge is 0.481 e. The number of carboxylic acids is 1. The molecule has 0 aliphatic carbocycles. The predicted octanol–water partition coefficient (Wildman–Crippen LogP) is 1.88. The van der Waals surface area contributed by atoms with E-state index in [4.69, 9.17) is 9.63 Å². The normalized spacial score (nSPS) is 21.7. The second-order valence-corrected chi connectivity index (χ2v) is 5.15. The van der Waals surface area contributed by atoms with Gasteiger partial charge in [-0.05, 0) is 26.3 Å². The lowest BCUT2D eigenvalue weighted by Gasteiger charge is -2.20. The molecule has 6 heteroatoms. The van der Waals surface area contributed by atoms with Crippen LogP contribution in [0.2, 0.25) is 0 Å². The number of aryl methyl sites for hydroxylation is 1. The van der Waals surface area contributed by atoms with Gasteiger partial charge in [0.15, 0.2) is 5.82 Å². The molecule has 106 valence electrons. The minimum absolute atomic E-state index is 0.00720. The zero-order valence-electron chi connectivity index (χ0n) is 11.5. The topological polar surface area (TPSA) is 79.5 Å². The first kappa shape index (κ1) is 14.0. The highest BCUT2D eigenvalue weighted by atomic mass is 16.5. The fraction of sp³-hybridized carbons (Fsp3) is 0.769. The van der Waals surface area contributed by atoms with Gasteiger partial charge in [-0.1, -0.05) is 18.5 Å². The maximum atomic E-state index is 11.0. The van der Waals surface area contributed by atoms with Crippen LogP contribution >= 0.6 is 0 Å². The number of rotatable bonds is 6. The smallest absolute Gasteiger partial charge is 0.307 e. The van der Waals surface area contributed by atoms with Gasteiger partial charge in [0.2, 0.25) is 5.89 Å². The Morgan fingerprint density at radius 3 is 3.05 bits per heavy atom. The monoisotopic (exact) mass is 267 g/mol. The molecule has 6 nitrogen and oxygen atoms in total. The number of nitrogens with zero attached hydrogens (tertiary/aromatic N) is 3. The van der Waals surface area contributed by atoms with Crippen molar-refractivity contribution in [3.05, 3.63) is 11.7 Å². The van der Waals surface area contributed by atoms with E-state index in [2.05, 4.69) is 22.0 Å². The lowest BCUT2D eigenvalue weighted by Crippen LogP contribution is -2.26. The minimum atomic E-state index is -0.719. The van der Waals surface area contributed by atoms with Crippen LogP contribution in [0.5, 0.6) is 0 Å². The molecular formula is C13H21N3O3. The van der Waals surface area contributed by atoms with Gasteiger partial charge >= 0.3 is 5.97 Å². The summed E-state index contributed by atoms with van der Waals surface area (Å²) >= 11 is 0. The number of hydrogen-bond donors (Lipinski definition) is 1. The van der Waals surface area contributed by atoms with Crippen LogP contribution in [0.1, 0.15) is 50.9 Å². The van der Waals surface area contributed by atoms with Gasteiger partial charge in [0, 0.05) is 13.0 Å². The Morgan fingerprint density at radius 1 is 1.63 bits per heavy atom. The van der Waals surface area contributed by atoms with E-state index in [0.717, 1.165) is 31.6 Å². The number of likely N-dealkylation sites (tertiary alicyclic amines) is 1. The van der Waals surface area contributed by atoms with Gasteiger partial charge in [-0.2, -0.15) is 4.98 Å². The summed E-state index contributed by atoms with van der Waals surface area (Å²) < 4.78 is 5.28. The summed E-state index contributed by atoms with van der Waals surface area (Å²) in [6.45, 7) is 5.44. The van der Waals surface area contributed by atoms with E-state index in [1.165, 1.54) is 0 Å². The highest BCUT2D eigenvalue weighted by molar-refractivity contribution is 5.70. The van der Waals surface area contributed by atoms with Gasteiger partial charge in [0.05, 0.1) is 12.0 Å². The highest BCUT2D eigenvalue weighted by Crippen LogP contribution is 2.26. The first-order chi connectivity index (χ1) is 9.11. The lowest BCUT2D eigenvalue weighted by molar-refractivity contribution is -0.141. The van der Waals surface area contributed by atoms with Crippen LogP contribution in [0, 0.1) is 5.92 Å². The summed E-state index contributed by atoms with van der Waals surface area (Å²) in [7, 11) is 0. The van der Waals surface area contributed by atoms with E-state index in [0.29, 0.717) is 18.9 Å². The quantitative estimate of drug-likeness (QED) is 0.847. The summed E-state index contributed by atoms with van der Waals surface area (Å²) in [6.07, 6.45) is 3.69. The first-order valence-electron chi connectivity index (χ1n) is 6.91. The Morgan fingerprint density at radius 2 is 2.42 bits per heavy atom.